The van der Waals surface area contributed by atoms with Crippen LogP contribution in [0, 0.1) is 0 Å². The van der Waals surface area contributed by atoms with Crippen molar-refractivity contribution < 1.29 is 13.2 Å². The van der Waals surface area contributed by atoms with Gasteiger partial charge >= 0.3 is 0 Å². The van der Waals surface area contributed by atoms with Gasteiger partial charge in [-0.1, -0.05) is 26.0 Å². The Morgan fingerprint density at radius 3 is 2.54 bits per heavy atom. The van der Waals surface area contributed by atoms with Gasteiger partial charge in [0.1, 0.15) is 5.82 Å². The predicted molar refractivity (Wildman–Crippen MR) is 103 cm³/mol. The molecule has 1 aromatic heterocycles. The van der Waals surface area contributed by atoms with Gasteiger partial charge in [-0.2, -0.15) is 0 Å². The van der Waals surface area contributed by atoms with Crippen LogP contribution >= 0.6 is 0 Å². The van der Waals surface area contributed by atoms with Crippen LogP contribution in [0.1, 0.15) is 42.1 Å². The maximum absolute atomic E-state index is 12.5. The first-order valence-electron chi connectivity index (χ1n) is 8.67. The molecule has 0 aliphatic carbocycles. The Bertz CT molecular complexity index is 893. The number of carbonyl (C=O) groups excluding carboxylic acids is 1. The molecule has 1 saturated heterocycles. The second kappa shape index (κ2) is 7.45. The number of amides is 1. The number of hydrogen-bond donors (Lipinski definition) is 2. The van der Waals surface area contributed by atoms with E-state index in [1.807, 2.05) is 24.3 Å². The molecule has 1 aliphatic heterocycles. The third kappa shape index (κ3) is 4.60. The fourth-order valence-electron chi connectivity index (χ4n) is 2.92. The summed E-state index contributed by atoms with van der Waals surface area (Å²) in [4.78, 5) is 16.6. The first-order valence-corrected chi connectivity index (χ1v) is 10.5. The van der Waals surface area contributed by atoms with Crippen molar-refractivity contribution in [1.82, 2.24) is 4.98 Å². The van der Waals surface area contributed by atoms with Gasteiger partial charge in [-0.05, 0) is 42.2 Å². The molecular formula is C19H23N3O3S. The summed E-state index contributed by atoms with van der Waals surface area (Å²) in [5.41, 5.74) is 2.41. The highest BCUT2D eigenvalue weighted by molar-refractivity contribution is 7.91. The molecule has 1 fully saturated rings. The smallest absolute Gasteiger partial charge is 0.255 e. The van der Waals surface area contributed by atoms with E-state index in [-0.39, 0.29) is 23.5 Å². The summed E-state index contributed by atoms with van der Waals surface area (Å²) in [7, 11) is -2.96. The third-order valence-corrected chi connectivity index (χ3v) is 6.21. The number of carbonyl (C=O) groups is 1. The number of nitrogens with one attached hydrogen (secondary N) is 2. The minimum absolute atomic E-state index is 0.104. The maximum Gasteiger partial charge on any atom is 0.255 e. The molecule has 2 aromatic rings. The predicted octanol–water partition coefficient (Wildman–Crippen LogP) is 3.06. The Morgan fingerprint density at radius 1 is 1.19 bits per heavy atom. The summed E-state index contributed by atoms with van der Waals surface area (Å²) in [6.07, 6.45) is 2.10. The SMILES string of the molecule is CC(C)c1ccc(NC(=O)c2ccnc(NC3CCS(=O)(=O)C3)c2)cc1. The molecule has 2 N–H and O–H groups in total. The zero-order valence-corrected chi connectivity index (χ0v) is 15.7. The number of sulfone groups is 1. The van der Waals surface area contributed by atoms with E-state index in [0.29, 0.717) is 23.7 Å². The summed E-state index contributed by atoms with van der Waals surface area (Å²) in [5.74, 6) is 1.01. The van der Waals surface area contributed by atoms with Crippen molar-refractivity contribution in [3.8, 4) is 0 Å². The van der Waals surface area contributed by atoms with Gasteiger partial charge in [0.2, 0.25) is 0 Å². The van der Waals surface area contributed by atoms with E-state index in [1.165, 1.54) is 5.56 Å². The number of rotatable bonds is 5. The van der Waals surface area contributed by atoms with Crippen LogP contribution in [0.5, 0.6) is 0 Å². The van der Waals surface area contributed by atoms with Crippen LogP contribution in [0.4, 0.5) is 11.5 Å². The van der Waals surface area contributed by atoms with Gasteiger partial charge in [-0.25, -0.2) is 13.4 Å². The van der Waals surface area contributed by atoms with Crippen LogP contribution < -0.4 is 10.6 Å². The third-order valence-electron chi connectivity index (χ3n) is 4.44. The molecule has 1 amide bonds. The van der Waals surface area contributed by atoms with Gasteiger partial charge in [0.05, 0.1) is 11.5 Å². The molecule has 7 heteroatoms. The number of anilines is 2. The van der Waals surface area contributed by atoms with E-state index in [4.69, 9.17) is 0 Å². The van der Waals surface area contributed by atoms with E-state index in [9.17, 15) is 13.2 Å². The zero-order valence-electron chi connectivity index (χ0n) is 14.9. The fraction of sp³-hybridized carbons (Fsp3) is 0.368. The lowest BCUT2D eigenvalue weighted by molar-refractivity contribution is 0.102. The molecule has 1 unspecified atom stereocenters. The van der Waals surface area contributed by atoms with Gasteiger partial charge in [0.25, 0.3) is 5.91 Å². The fourth-order valence-corrected chi connectivity index (χ4v) is 4.60. The molecule has 138 valence electrons. The molecule has 3 rings (SSSR count). The van der Waals surface area contributed by atoms with Crippen molar-refractivity contribution in [2.45, 2.75) is 32.2 Å². The molecule has 0 spiro atoms. The Balaban J connectivity index is 1.66. The molecule has 0 bridgehead atoms. The van der Waals surface area contributed by atoms with Crippen molar-refractivity contribution in [2.24, 2.45) is 0 Å². The minimum atomic E-state index is -2.96. The number of aromatic nitrogens is 1. The minimum Gasteiger partial charge on any atom is -0.366 e. The maximum atomic E-state index is 12.5. The summed E-state index contributed by atoms with van der Waals surface area (Å²) >= 11 is 0. The number of hydrogen-bond acceptors (Lipinski definition) is 5. The molecule has 0 radical (unpaired) electrons. The highest BCUT2D eigenvalue weighted by atomic mass is 32.2. The Labute approximate surface area is 154 Å². The van der Waals surface area contributed by atoms with Crippen molar-refractivity contribution in [1.29, 1.82) is 0 Å². The first kappa shape index (κ1) is 18.4. The molecule has 1 aliphatic rings. The highest BCUT2D eigenvalue weighted by Gasteiger charge is 2.28. The quantitative estimate of drug-likeness (QED) is 0.841. The van der Waals surface area contributed by atoms with Gasteiger partial charge in [-0.3, -0.25) is 4.79 Å². The molecule has 1 aromatic carbocycles. The van der Waals surface area contributed by atoms with Crippen LogP contribution in [0.2, 0.25) is 0 Å². The average molecular weight is 373 g/mol. The zero-order chi connectivity index (χ0) is 18.7. The van der Waals surface area contributed by atoms with Gasteiger partial charge in [0, 0.05) is 23.5 Å². The monoisotopic (exact) mass is 373 g/mol. The lowest BCUT2D eigenvalue weighted by Crippen LogP contribution is -2.21. The molecule has 26 heavy (non-hydrogen) atoms. The highest BCUT2D eigenvalue weighted by Crippen LogP contribution is 2.19. The van der Waals surface area contributed by atoms with Crippen LogP contribution in [-0.2, 0) is 9.84 Å². The van der Waals surface area contributed by atoms with Crippen molar-refractivity contribution in [3.05, 3.63) is 53.7 Å². The van der Waals surface area contributed by atoms with E-state index >= 15 is 0 Å². The van der Waals surface area contributed by atoms with E-state index in [1.54, 1.807) is 18.3 Å². The molecule has 2 heterocycles. The van der Waals surface area contributed by atoms with Crippen molar-refractivity contribution in [2.75, 3.05) is 22.1 Å². The van der Waals surface area contributed by atoms with Crippen LogP contribution in [-0.4, -0.2) is 36.9 Å². The second-order valence-corrected chi connectivity index (χ2v) is 9.13. The van der Waals surface area contributed by atoms with Crippen molar-refractivity contribution >= 4 is 27.2 Å². The molecular weight excluding hydrogens is 350 g/mol. The Kier molecular flexibility index (Phi) is 5.27. The Hall–Kier alpha value is -2.41. The second-order valence-electron chi connectivity index (χ2n) is 6.90. The van der Waals surface area contributed by atoms with Gasteiger partial charge in [0.15, 0.2) is 9.84 Å². The van der Waals surface area contributed by atoms with E-state index in [2.05, 4.69) is 29.5 Å². The van der Waals surface area contributed by atoms with Crippen LogP contribution in [0.25, 0.3) is 0 Å². The summed E-state index contributed by atoms with van der Waals surface area (Å²) in [5, 5.41) is 5.97. The normalized spacial score (nSPS) is 18.7. The summed E-state index contributed by atoms with van der Waals surface area (Å²) in [6, 6.07) is 10.9. The van der Waals surface area contributed by atoms with Crippen LogP contribution in [0.3, 0.4) is 0 Å². The number of nitrogens with zero attached hydrogens (tertiary/aromatic N) is 1. The lowest BCUT2D eigenvalue weighted by Gasteiger charge is -2.12. The Morgan fingerprint density at radius 2 is 1.92 bits per heavy atom. The molecule has 1 atom stereocenters. The number of benzene rings is 1. The topological polar surface area (TPSA) is 88.2 Å². The summed E-state index contributed by atoms with van der Waals surface area (Å²) in [6.45, 7) is 4.24. The van der Waals surface area contributed by atoms with Gasteiger partial charge in [-0.15, -0.1) is 0 Å². The molecule has 0 saturated carbocycles. The lowest BCUT2D eigenvalue weighted by atomic mass is 10.0. The van der Waals surface area contributed by atoms with Crippen LogP contribution in [0.15, 0.2) is 42.6 Å². The van der Waals surface area contributed by atoms with Gasteiger partial charge < -0.3 is 10.6 Å². The molecule has 6 nitrogen and oxygen atoms in total. The van der Waals surface area contributed by atoms with E-state index < -0.39 is 9.84 Å². The summed E-state index contributed by atoms with van der Waals surface area (Å²) < 4.78 is 23.1. The standard InChI is InChI=1S/C19H23N3O3S/c1-13(2)14-3-5-16(6-4-14)22-19(23)15-7-9-20-18(11-15)21-17-8-10-26(24,25)12-17/h3-7,9,11,13,17H,8,10,12H2,1-2H3,(H,20,21)(H,22,23). The first-order chi connectivity index (χ1) is 12.3. The largest absolute Gasteiger partial charge is 0.366 e. The van der Waals surface area contributed by atoms with E-state index in [0.717, 1.165) is 5.69 Å². The number of pyridine rings is 1. The average Bonchev–Trinajstić information content (AvgIpc) is 2.94. The van der Waals surface area contributed by atoms with Crippen molar-refractivity contribution in [3.63, 3.8) is 0 Å².